The maximum Gasteiger partial charge on any atom is 0.291 e. The molecule has 3 aromatic rings. The Morgan fingerprint density at radius 2 is 1.80 bits per heavy atom. The second-order valence-electron chi connectivity index (χ2n) is 5.65. The van der Waals surface area contributed by atoms with E-state index in [1.165, 1.54) is 6.26 Å². The lowest BCUT2D eigenvalue weighted by Gasteiger charge is -2.11. The van der Waals surface area contributed by atoms with Crippen LogP contribution in [0.1, 0.15) is 32.0 Å². The van der Waals surface area contributed by atoms with Gasteiger partial charge in [0, 0.05) is 6.54 Å². The molecule has 0 aliphatic rings. The van der Waals surface area contributed by atoms with Gasteiger partial charge in [0.1, 0.15) is 0 Å². The van der Waals surface area contributed by atoms with Crippen LogP contribution in [0.15, 0.2) is 71.3 Å². The number of anilines is 1. The molecule has 5 nitrogen and oxygen atoms in total. The van der Waals surface area contributed by atoms with Crippen molar-refractivity contribution in [2.24, 2.45) is 0 Å². The van der Waals surface area contributed by atoms with Crippen LogP contribution in [-0.4, -0.2) is 11.8 Å². The lowest BCUT2D eigenvalue weighted by atomic mass is 10.1. The quantitative estimate of drug-likeness (QED) is 0.746. The summed E-state index contributed by atoms with van der Waals surface area (Å²) in [6.45, 7) is 2.42. The number of rotatable bonds is 5. The molecule has 1 heterocycles. The van der Waals surface area contributed by atoms with Crippen molar-refractivity contribution >= 4 is 17.5 Å². The van der Waals surface area contributed by atoms with Crippen LogP contribution >= 0.6 is 0 Å². The van der Waals surface area contributed by atoms with Gasteiger partial charge in [0.15, 0.2) is 5.76 Å². The monoisotopic (exact) mass is 334 g/mol. The fourth-order valence-corrected chi connectivity index (χ4v) is 2.48. The molecule has 126 valence electrons. The molecular weight excluding hydrogens is 316 g/mol. The minimum absolute atomic E-state index is 0.190. The minimum atomic E-state index is -0.399. The molecule has 2 aromatic carbocycles. The highest BCUT2D eigenvalue weighted by Crippen LogP contribution is 2.17. The average Bonchev–Trinajstić information content (AvgIpc) is 3.15. The molecule has 0 unspecified atom stereocenters. The number of carbonyl (C=O) groups excluding carboxylic acids is 2. The summed E-state index contributed by atoms with van der Waals surface area (Å²) in [5.74, 6) is -0.462. The Morgan fingerprint density at radius 3 is 2.56 bits per heavy atom. The first-order valence-corrected chi connectivity index (χ1v) is 7.91. The van der Waals surface area contributed by atoms with Crippen molar-refractivity contribution in [3.05, 3.63) is 89.4 Å². The first-order valence-electron chi connectivity index (χ1n) is 7.91. The molecule has 5 heteroatoms. The molecule has 2 N–H and O–H groups in total. The van der Waals surface area contributed by atoms with Crippen LogP contribution in [0, 0.1) is 6.92 Å². The van der Waals surface area contributed by atoms with Crippen LogP contribution in [0.2, 0.25) is 0 Å². The number of furan rings is 1. The zero-order chi connectivity index (χ0) is 17.6. The Balaban J connectivity index is 1.71. The van der Waals surface area contributed by atoms with Crippen molar-refractivity contribution in [3.8, 4) is 0 Å². The van der Waals surface area contributed by atoms with Crippen molar-refractivity contribution < 1.29 is 14.0 Å². The molecule has 2 amide bonds. The van der Waals surface area contributed by atoms with Gasteiger partial charge in [-0.3, -0.25) is 9.59 Å². The normalized spacial score (nSPS) is 10.3. The van der Waals surface area contributed by atoms with E-state index < -0.39 is 5.91 Å². The number of hydrogen-bond acceptors (Lipinski definition) is 3. The van der Waals surface area contributed by atoms with Gasteiger partial charge < -0.3 is 15.1 Å². The number of carbonyl (C=O) groups is 2. The van der Waals surface area contributed by atoms with E-state index in [2.05, 4.69) is 10.6 Å². The molecule has 0 bridgehead atoms. The third-order valence-electron chi connectivity index (χ3n) is 3.70. The third-order valence-corrected chi connectivity index (χ3v) is 3.70. The van der Waals surface area contributed by atoms with Crippen LogP contribution in [0.25, 0.3) is 0 Å². The second kappa shape index (κ2) is 7.49. The summed E-state index contributed by atoms with van der Waals surface area (Å²) in [7, 11) is 0. The Labute approximate surface area is 145 Å². The average molecular weight is 334 g/mol. The second-order valence-corrected chi connectivity index (χ2v) is 5.65. The highest BCUT2D eigenvalue weighted by atomic mass is 16.3. The minimum Gasteiger partial charge on any atom is -0.459 e. The van der Waals surface area contributed by atoms with Gasteiger partial charge in [0.05, 0.1) is 17.5 Å². The van der Waals surface area contributed by atoms with E-state index in [0.29, 0.717) is 17.8 Å². The molecule has 0 aliphatic heterocycles. The van der Waals surface area contributed by atoms with Crippen LogP contribution in [-0.2, 0) is 6.54 Å². The van der Waals surface area contributed by atoms with Gasteiger partial charge in [-0.2, -0.15) is 0 Å². The molecule has 0 saturated carbocycles. The summed E-state index contributed by atoms with van der Waals surface area (Å²) >= 11 is 0. The Bertz CT molecular complexity index is 885. The summed E-state index contributed by atoms with van der Waals surface area (Å²) in [6.07, 6.45) is 1.43. The summed E-state index contributed by atoms with van der Waals surface area (Å²) in [4.78, 5) is 24.6. The maximum atomic E-state index is 12.5. The van der Waals surface area contributed by atoms with Crippen LogP contribution in [0.5, 0.6) is 0 Å². The van der Waals surface area contributed by atoms with E-state index in [4.69, 9.17) is 4.42 Å². The van der Waals surface area contributed by atoms with Gasteiger partial charge >= 0.3 is 0 Å². The first-order chi connectivity index (χ1) is 12.1. The van der Waals surface area contributed by atoms with E-state index in [-0.39, 0.29) is 11.7 Å². The number of amides is 2. The third kappa shape index (κ3) is 4.14. The molecule has 0 aliphatic carbocycles. The van der Waals surface area contributed by atoms with E-state index in [0.717, 1.165) is 11.1 Å². The number of nitrogens with one attached hydrogen (secondary N) is 2. The van der Waals surface area contributed by atoms with Gasteiger partial charge in [0.2, 0.25) is 0 Å². The number of benzene rings is 2. The molecule has 0 atom stereocenters. The van der Waals surface area contributed by atoms with E-state index in [1.807, 2.05) is 31.2 Å². The summed E-state index contributed by atoms with van der Waals surface area (Å²) in [5.41, 5.74) is 2.99. The SMILES string of the molecule is Cc1cccc(CNC(=O)c2ccccc2NC(=O)c2ccco2)c1. The highest BCUT2D eigenvalue weighted by molar-refractivity contribution is 6.07. The van der Waals surface area contributed by atoms with E-state index in [9.17, 15) is 9.59 Å². The summed E-state index contributed by atoms with van der Waals surface area (Å²) < 4.78 is 5.07. The van der Waals surface area contributed by atoms with Gasteiger partial charge in [-0.15, -0.1) is 0 Å². The fourth-order valence-electron chi connectivity index (χ4n) is 2.48. The molecule has 25 heavy (non-hydrogen) atoms. The molecule has 3 rings (SSSR count). The molecular formula is C20H18N2O3. The Morgan fingerprint density at radius 1 is 0.960 bits per heavy atom. The molecule has 0 saturated heterocycles. The first kappa shape index (κ1) is 16.5. The predicted octanol–water partition coefficient (Wildman–Crippen LogP) is 3.77. The molecule has 0 radical (unpaired) electrons. The highest BCUT2D eigenvalue weighted by Gasteiger charge is 2.15. The lowest BCUT2D eigenvalue weighted by molar-refractivity contribution is 0.0951. The van der Waals surface area contributed by atoms with Crippen LogP contribution in [0.4, 0.5) is 5.69 Å². The van der Waals surface area contributed by atoms with Crippen molar-refractivity contribution in [1.82, 2.24) is 5.32 Å². The smallest absolute Gasteiger partial charge is 0.291 e. The number of aryl methyl sites for hydroxylation is 1. The van der Waals surface area contributed by atoms with Crippen molar-refractivity contribution in [1.29, 1.82) is 0 Å². The standard InChI is InChI=1S/C20H18N2O3/c1-14-6-4-7-15(12-14)13-21-19(23)16-8-2-3-9-17(16)22-20(24)18-10-5-11-25-18/h2-12H,13H2,1H3,(H,21,23)(H,22,24). The Kier molecular flexibility index (Phi) is 4.95. The fraction of sp³-hybridized carbons (Fsp3) is 0.100. The van der Waals surface area contributed by atoms with Gasteiger partial charge in [-0.05, 0) is 36.8 Å². The van der Waals surface area contributed by atoms with Gasteiger partial charge in [0.25, 0.3) is 11.8 Å². The predicted molar refractivity (Wildman–Crippen MR) is 95.5 cm³/mol. The molecule has 0 fully saturated rings. The van der Waals surface area contributed by atoms with Crippen LogP contribution < -0.4 is 10.6 Å². The zero-order valence-electron chi connectivity index (χ0n) is 13.8. The van der Waals surface area contributed by atoms with Crippen LogP contribution in [0.3, 0.4) is 0 Å². The van der Waals surface area contributed by atoms with Gasteiger partial charge in [-0.1, -0.05) is 42.0 Å². The maximum absolute atomic E-state index is 12.5. The number of para-hydroxylation sites is 1. The lowest BCUT2D eigenvalue weighted by Crippen LogP contribution is -2.24. The van der Waals surface area contributed by atoms with E-state index in [1.54, 1.807) is 36.4 Å². The van der Waals surface area contributed by atoms with Crippen molar-refractivity contribution in [2.75, 3.05) is 5.32 Å². The van der Waals surface area contributed by atoms with Crippen molar-refractivity contribution in [2.45, 2.75) is 13.5 Å². The van der Waals surface area contributed by atoms with Gasteiger partial charge in [-0.25, -0.2) is 0 Å². The summed E-state index contributed by atoms with van der Waals surface area (Å²) in [5, 5.41) is 5.58. The summed E-state index contributed by atoms with van der Waals surface area (Å²) in [6, 6.07) is 18.0. The zero-order valence-corrected chi connectivity index (χ0v) is 13.8. The van der Waals surface area contributed by atoms with E-state index >= 15 is 0 Å². The molecule has 0 spiro atoms. The Hall–Kier alpha value is -3.34. The molecule has 1 aromatic heterocycles. The van der Waals surface area contributed by atoms with Crippen molar-refractivity contribution in [3.63, 3.8) is 0 Å². The largest absolute Gasteiger partial charge is 0.459 e. The number of hydrogen-bond donors (Lipinski definition) is 2. The topological polar surface area (TPSA) is 71.3 Å².